The van der Waals surface area contributed by atoms with Crippen molar-refractivity contribution >= 4 is 45.9 Å². The highest BCUT2D eigenvalue weighted by molar-refractivity contribution is 7.80. The molecule has 0 radical (unpaired) electrons. The summed E-state index contributed by atoms with van der Waals surface area (Å²) in [4.78, 5) is 41.1. The molecule has 8 nitrogen and oxygen atoms in total. The third kappa shape index (κ3) is 2.94. The van der Waals surface area contributed by atoms with Crippen LogP contribution in [0, 0.1) is 24.2 Å². The van der Waals surface area contributed by atoms with Crippen molar-refractivity contribution in [2.45, 2.75) is 18.9 Å². The lowest BCUT2D eigenvalue weighted by molar-refractivity contribution is -0.152. The standard InChI is InChI=1S/C18H16N4O4S/c1-9-14(10-5-3-4-6-12(10)20-9)13(23)7-18(16(25)26-2)11(8-19)15(24)21-17(27)22-18/h3-6,11,20H,7H2,1-2H3,(H2,21,22,24,27)/t11-,18+/m0/s1. The van der Waals surface area contributed by atoms with Crippen LogP contribution in [0.4, 0.5) is 0 Å². The van der Waals surface area contributed by atoms with Gasteiger partial charge in [0.1, 0.15) is 0 Å². The number of H-pyrrole nitrogens is 1. The van der Waals surface area contributed by atoms with Gasteiger partial charge in [0.25, 0.3) is 0 Å². The second-order valence-corrected chi connectivity index (χ2v) is 6.65. The Hall–Kier alpha value is -3.25. The normalized spacial score (nSPS) is 21.9. The van der Waals surface area contributed by atoms with Crippen LogP contribution in [-0.4, -0.2) is 40.4 Å². The maximum atomic E-state index is 13.2. The van der Waals surface area contributed by atoms with Gasteiger partial charge in [0.2, 0.25) is 5.91 Å². The van der Waals surface area contributed by atoms with Crippen LogP contribution in [0.1, 0.15) is 22.5 Å². The smallest absolute Gasteiger partial charge is 0.334 e. The molecule has 27 heavy (non-hydrogen) atoms. The van der Waals surface area contributed by atoms with E-state index in [-0.39, 0.29) is 5.11 Å². The van der Waals surface area contributed by atoms with Gasteiger partial charge in [0.15, 0.2) is 22.4 Å². The SMILES string of the molecule is COC(=O)[C@]1(CC(=O)c2c(C)[nH]c3ccccc23)NC(=S)NC(=O)[C@@H]1C#N. The van der Waals surface area contributed by atoms with Gasteiger partial charge in [-0.1, -0.05) is 18.2 Å². The third-order valence-electron chi connectivity index (χ3n) is 4.62. The number of benzene rings is 1. The molecular weight excluding hydrogens is 368 g/mol. The van der Waals surface area contributed by atoms with Crippen LogP contribution >= 0.6 is 12.2 Å². The minimum absolute atomic E-state index is 0.139. The van der Waals surface area contributed by atoms with E-state index in [9.17, 15) is 19.6 Å². The fourth-order valence-electron chi connectivity index (χ4n) is 3.43. The van der Waals surface area contributed by atoms with Crippen LogP contribution in [0.2, 0.25) is 0 Å². The largest absolute Gasteiger partial charge is 0.467 e. The van der Waals surface area contributed by atoms with E-state index in [0.717, 1.165) is 12.6 Å². The van der Waals surface area contributed by atoms with E-state index in [2.05, 4.69) is 15.6 Å². The van der Waals surface area contributed by atoms with Crippen molar-refractivity contribution in [3.63, 3.8) is 0 Å². The number of Topliss-reactive ketones (excluding diaryl/α,β-unsaturated/α-hetero) is 1. The molecule has 3 N–H and O–H groups in total. The summed E-state index contributed by atoms with van der Waals surface area (Å²) in [5.74, 6) is -3.56. The number of nitrogens with one attached hydrogen (secondary N) is 3. The highest BCUT2D eigenvalue weighted by Gasteiger charge is 2.55. The molecule has 1 saturated heterocycles. The molecule has 1 aliphatic heterocycles. The second-order valence-electron chi connectivity index (χ2n) is 6.24. The number of para-hydroxylation sites is 1. The van der Waals surface area contributed by atoms with Crippen molar-refractivity contribution in [3.8, 4) is 6.07 Å². The predicted octanol–water partition coefficient (Wildman–Crippen LogP) is 1.10. The molecule has 2 heterocycles. The number of amides is 1. The van der Waals surface area contributed by atoms with Gasteiger partial charge in [0, 0.05) is 28.6 Å². The molecule has 0 aliphatic carbocycles. The summed E-state index contributed by atoms with van der Waals surface area (Å²) >= 11 is 4.98. The number of ketones is 1. The number of esters is 1. The average molecular weight is 384 g/mol. The summed E-state index contributed by atoms with van der Waals surface area (Å²) in [6.07, 6.45) is -0.464. The highest BCUT2D eigenvalue weighted by atomic mass is 32.1. The van der Waals surface area contributed by atoms with E-state index in [1.807, 2.05) is 12.1 Å². The lowest BCUT2D eigenvalue weighted by atomic mass is 9.77. The zero-order chi connectivity index (χ0) is 19.8. The number of nitrogens with zero attached hydrogens (tertiary/aromatic N) is 1. The Morgan fingerprint density at radius 3 is 2.74 bits per heavy atom. The average Bonchev–Trinajstić information content (AvgIpc) is 2.96. The maximum absolute atomic E-state index is 13.2. The number of nitriles is 1. The maximum Gasteiger partial charge on any atom is 0.334 e. The molecule has 1 aliphatic rings. The minimum Gasteiger partial charge on any atom is -0.467 e. The zero-order valence-corrected chi connectivity index (χ0v) is 15.4. The van der Waals surface area contributed by atoms with Gasteiger partial charge in [-0.25, -0.2) is 4.79 Å². The van der Waals surface area contributed by atoms with Crippen LogP contribution in [0.25, 0.3) is 10.9 Å². The molecule has 1 amide bonds. The van der Waals surface area contributed by atoms with Gasteiger partial charge in [-0.3, -0.25) is 9.59 Å². The van der Waals surface area contributed by atoms with Gasteiger partial charge < -0.3 is 20.4 Å². The predicted molar refractivity (Wildman–Crippen MR) is 99.7 cm³/mol. The van der Waals surface area contributed by atoms with E-state index in [4.69, 9.17) is 17.0 Å². The van der Waals surface area contributed by atoms with Crippen LogP contribution < -0.4 is 10.6 Å². The van der Waals surface area contributed by atoms with E-state index in [1.165, 1.54) is 0 Å². The van der Waals surface area contributed by atoms with E-state index < -0.39 is 35.5 Å². The number of carbonyl (C=O) groups excluding carboxylic acids is 3. The summed E-state index contributed by atoms with van der Waals surface area (Å²) in [6, 6.07) is 9.02. The minimum atomic E-state index is -1.90. The number of aromatic amines is 1. The number of thiocarbonyl (C=S) groups is 1. The molecule has 1 aromatic heterocycles. The molecule has 1 fully saturated rings. The summed E-state index contributed by atoms with van der Waals surface area (Å²) < 4.78 is 4.81. The monoisotopic (exact) mass is 384 g/mol. The summed E-state index contributed by atoms with van der Waals surface area (Å²) in [5.41, 5.74) is -0.112. The third-order valence-corrected chi connectivity index (χ3v) is 4.82. The molecule has 0 spiro atoms. The zero-order valence-electron chi connectivity index (χ0n) is 14.6. The number of aryl methyl sites for hydroxylation is 1. The molecule has 2 aromatic rings. The Bertz CT molecular complexity index is 1020. The van der Waals surface area contributed by atoms with Crippen molar-refractivity contribution in [3.05, 3.63) is 35.5 Å². The molecule has 2 atom stereocenters. The lowest BCUT2D eigenvalue weighted by Gasteiger charge is -2.38. The van der Waals surface area contributed by atoms with Crippen molar-refractivity contribution in [2.24, 2.45) is 5.92 Å². The Morgan fingerprint density at radius 1 is 1.37 bits per heavy atom. The van der Waals surface area contributed by atoms with E-state index in [0.29, 0.717) is 16.6 Å². The molecule has 138 valence electrons. The number of hydrogen-bond acceptors (Lipinski definition) is 6. The summed E-state index contributed by atoms with van der Waals surface area (Å²) in [6.45, 7) is 1.74. The molecule has 1 aromatic carbocycles. The Kier molecular flexibility index (Phi) is 4.68. The first-order chi connectivity index (χ1) is 12.8. The van der Waals surface area contributed by atoms with Crippen molar-refractivity contribution < 1.29 is 19.1 Å². The number of rotatable bonds is 4. The van der Waals surface area contributed by atoms with Gasteiger partial charge >= 0.3 is 5.97 Å². The lowest BCUT2D eigenvalue weighted by Crippen LogP contribution is -2.70. The van der Waals surface area contributed by atoms with E-state index in [1.54, 1.807) is 25.1 Å². The molecule has 0 saturated carbocycles. The van der Waals surface area contributed by atoms with Crippen molar-refractivity contribution in [1.29, 1.82) is 5.26 Å². The van der Waals surface area contributed by atoms with Crippen LogP contribution in [0.15, 0.2) is 24.3 Å². The quantitative estimate of drug-likeness (QED) is 0.410. The van der Waals surface area contributed by atoms with Crippen LogP contribution in [0.3, 0.4) is 0 Å². The van der Waals surface area contributed by atoms with Crippen LogP contribution in [-0.2, 0) is 14.3 Å². The second kappa shape index (κ2) is 6.81. The molecule has 0 bridgehead atoms. The first kappa shape index (κ1) is 18.5. The summed E-state index contributed by atoms with van der Waals surface area (Å²) in [7, 11) is 1.12. The molecule has 3 rings (SSSR count). The van der Waals surface area contributed by atoms with E-state index >= 15 is 0 Å². The van der Waals surface area contributed by atoms with Gasteiger partial charge in [0.05, 0.1) is 13.2 Å². The Balaban J connectivity index is 2.10. The topological polar surface area (TPSA) is 124 Å². The number of carbonyl (C=O) groups is 3. The molecule has 0 unspecified atom stereocenters. The number of fused-ring (bicyclic) bond motifs is 1. The number of methoxy groups -OCH3 is 1. The summed E-state index contributed by atoms with van der Waals surface area (Å²) in [5, 5.41) is 15.0. The first-order valence-corrected chi connectivity index (χ1v) is 8.46. The van der Waals surface area contributed by atoms with Gasteiger partial charge in [-0.2, -0.15) is 5.26 Å². The van der Waals surface area contributed by atoms with Gasteiger partial charge in [-0.15, -0.1) is 0 Å². The Morgan fingerprint density at radius 2 is 2.07 bits per heavy atom. The highest BCUT2D eigenvalue weighted by Crippen LogP contribution is 2.31. The molecular formula is C18H16N4O4S. The van der Waals surface area contributed by atoms with Crippen molar-refractivity contribution in [1.82, 2.24) is 15.6 Å². The fraction of sp³-hybridized carbons (Fsp3) is 0.278. The van der Waals surface area contributed by atoms with Gasteiger partial charge in [-0.05, 0) is 25.2 Å². The van der Waals surface area contributed by atoms with Crippen molar-refractivity contribution in [2.75, 3.05) is 7.11 Å². The first-order valence-electron chi connectivity index (χ1n) is 8.05. The van der Waals surface area contributed by atoms with Crippen LogP contribution in [0.5, 0.6) is 0 Å². The number of ether oxygens (including phenoxy) is 1. The fourth-order valence-corrected chi connectivity index (χ4v) is 3.71. The Labute approximate surface area is 159 Å². The number of aromatic nitrogens is 1. The number of hydrogen-bond donors (Lipinski definition) is 3. The molecule has 9 heteroatoms.